The first-order valence-electron chi connectivity index (χ1n) is 8.45. The van der Waals surface area contributed by atoms with Crippen molar-refractivity contribution in [3.05, 3.63) is 0 Å². The Labute approximate surface area is 118 Å². The van der Waals surface area contributed by atoms with Crippen LogP contribution in [0.15, 0.2) is 0 Å². The van der Waals surface area contributed by atoms with E-state index in [1.807, 2.05) is 0 Å². The summed E-state index contributed by atoms with van der Waals surface area (Å²) in [7, 11) is 2.29. The highest BCUT2D eigenvalue weighted by Crippen LogP contribution is 2.35. The van der Waals surface area contributed by atoms with Gasteiger partial charge in [0.25, 0.3) is 0 Å². The van der Waals surface area contributed by atoms with Crippen molar-refractivity contribution in [2.24, 2.45) is 5.92 Å². The van der Waals surface area contributed by atoms with Gasteiger partial charge >= 0.3 is 0 Å². The van der Waals surface area contributed by atoms with Crippen LogP contribution < -0.4 is 5.32 Å². The first-order chi connectivity index (χ1) is 9.28. The highest BCUT2D eigenvalue weighted by atomic mass is 15.3. The summed E-state index contributed by atoms with van der Waals surface area (Å²) < 4.78 is 0. The Bertz CT molecular complexity index is 290. The lowest BCUT2D eigenvalue weighted by atomic mass is 9.77. The molecule has 0 amide bonds. The van der Waals surface area contributed by atoms with E-state index in [2.05, 4.69) is 29.1 Å². The number of rotatable bonds is 5. The first kappa shape index (κ1) is 13.8. The van der Waals surface area contributed by atoms with Crippen LogP contribution in [0.2, 0.25) is 0 Å². The number of nitrogens with zero attached hydrogens (tertiary/aromatic N) is 2. The second kappa shape index (κ2) is 6.11. The van der Waals surface area contributed by atoms with E-state index in [-0.39, 0.29) is 0 Å². The molecule has 2 saturated carbocycles. The molecule has 1 saturated heterocycles. The highest BCUT2D eigenvalue weighted by Gasteiger charge is 2.39. The van der Waals surface area contributed by atoms with E-state index >= 15 is 0 Å². The van der Waals surface area contributed by atoms with E-state index in [4.69, 9.17) is 0 Å². The van der Waals surface area contributed by atoms with Crippen molar-refractivity contribution in [2.75, 3.05) is 33.2 Å². The molecule has 1 N–H and O–H groups in total. The molecule has 0 aromatic heterocycles. The van der Waals surface area contributed by atoms with E-state index < -0.39 is 0 Å². The van der Waals surface area contributed by atoms with Gasteiger partial charge in [0.2, 0.25) is 0 Å². The smallest absolute Gasteiger partial charge is 0.0223 e. The van der Waals surface area contributed by atoms with E-state index in [0.29, 0.717) is 0 Å². The summed E-state index contributed by atoms with van der Waals surface area (Å²) in [6.07, 6.45) is 8.40. The predicted octanol–water partition coefficient (Wildman–Crippen LogP) is 1.93. The molecule has 19 heavy (non-hydrogen) atoms. The number of hydrogen-bond acceptors (Lipinski definition) is 3. The first-order valence-corrected chi connectivity index (χ1v) is 8.45. The summed E-state index contributed by atoms with van der Waals surface area (Å²) in [6.45, 7) is 7.53. The zero-order valence-corrected chi connectivity index (χ0v) is 12.8. The van der Waals surface area contributed by atoms with Crippen molar-refractivity contribution >= 4 is 0 Å². The van der Waals surface area contributed by atoms with Crippen LogP contribution in [0.4, 0.5) is 0 Å². The van der Waals surface area contributed by atoms with Gasteiger partial charge in [0.15, 0.2) is 0 Å². The Kier molecular flexibility index (Phi) is 4.45. The summed E-state index contributed by atoms with van der Waals surface area (Å²) in [6, 6.07) is 2.54. The predicted molar refractivity (Wildman–Crippen MR) is 80.4 cm³/mol. The fourth-order valence-corrected chi connectivity index (χ4v) is 3.89. The summed E-state index contributed by atoms with van der Waals surface area (Å²) in [5, 5.41) is 3.75. The molecule has 1 heterocycles. The third-order valence-electron chi connectivity index (χ3n) is 5.47. The SMILES string of the molecule is CCC1CN(C)CCCN1C1CCC1CNC1CC1. The van der Waals surface area contributed by atoms with Crippen LogP contribution in [-0.2, 0) is 0 Å². The Hall–Kier alpha value is -0.120. The van der Waals surface area contributed by atoms with Crippen molar-refractivity contribution in [2.45, 2.75) is 63.6 Å². The van der Waals surface area contributed by atoms with E-state index in [9.17, 15) is 0 Å². The molecule has 0 aromatic rings. The van der Waals surface area contributed by atoms with Gasteiger partial charge in [-0.2, -0.15) is 0 Å². The van der Waals surface area contributed by atoms with E-state index in [1.54, 1.807) is 0 Å². The van der Waals surface area contributed by atoms with Crippen molar-refractivity contribution in [3.8, 4) is 0 Å². The van der Waals surface area contributed by atoms with Gasteiger partial charge in [-0.1, -0.05) is 6.92 Å². The summed E-state index contributed by atoms with van der Waals surface area (Å²) in [4.78, 5) is 5.40. The molecular formula is C16H31N3. The topological polar surface area (TPSA) is 18.5 Å². The van der Waals surface area contributed by atoms with Crippen molar-refractivity contribution in [3.63, 3.8) is 0 Å². The molecule has 3 atom stereocenters. The maximum Gasteiger partial charge on any atom is 0.0223 e. The Balaban J connectivity index is 1.55. The van der Waals surface area contributed by atoms with Gasteiger partial charge in [-0.15, -0.1) is 0 Å². The van der Waals surface area contributed by atoms with Crippen LogP contribution in [0.1, 0.15) is 45.4 Å². The molecule has 110 valence electrons. The van der Waals surface area contributed by atoms with Gasteiger partial charge < -0.3 is 10.2 Å². The quantitative estimate of drug-likeness (QED) is 0.819. The van der Waals surface area contributed by atoms with Crippen LogP contribution >= 0.6 is 0 Å². The molecule has 3 unspecified atom stereocenters. The molecule has 3 nitrogen and oxygen atoms in total. The maximum atomic E-state index is 3.75. The standard InChI is InChI=1S/C16H31N3/c1-3-15-12-18(2)9-4-10-19(15)16-8-5-13(16)11-17-14-6-7-14/h13-17H,3-12H2,1-2H3. The zero-order chi connectivity index (χ0) is 13.2. The minimum atomic E-state index is 0.793. The lowest BCUT2D eigenvalue weighted by Crippen LogP contribution is -2.55. The molecule has 3 heteroatoms. The minimum Gasteiger partial charge on any atom is -0.314 e. The normalized spacial score (nSPS) is 37.9. The third kappa shape index (κ3) is 3.32. The van der Waals surface area contributed by atoms with Gasteiger partial charge in [0.1, 0.15) is 0 Å². The van der Waals surface area contributed by atoms with Gasteiger partial charge in [-0.3, -0.25) is 4.90 Å². The van der Waals surface area contributed by atoms with Crippen LogP contribution in [0.3, 0.4) is 0 Å². The highest BCUT2D eigenvalue weighted by molar-refractivity contribution is 4.95. The summed E-state index contributed by atoms with van der Waals surface area (Å²) in [5.41, 5.74) is 0. The van der Waals surface area contributed by atoms with E-state index in [0.717, 1.165) is 24.0 Å². The van der Waals surface area contributed by atoms with Crippen LogP contribution in [0, 0.1) is 5.92 Å². The molecule has 0 radical (unpaired) electrons. The fraction of sp³-hybridized carbons (Fsp3) is 1.00. The molecule has 1 aliphatic heterocycles. The second-order valence-corrected chi connectivity index (χ2v) is 7.00. The average Bonchev–Trinajstić information content (AvgIpc) is 3.17. The van der Waals surface area contributed by atoms with Crippen molar-refractivity contribution in [1.29, 1.82) is 0 Å². The molecule has 3 fully saturated rings. The molecule has 2 aliphatic carbocycles. The molecule has 0 spiro atoms. The molecule has 0 aromatic carbocycles. The Morgan fingerprint density at radius 3 is 2.58 bits per heavy atom. The number of nitrogens with one attached hydrogen (secondary N) is 1. The molecular weight excluding hydrogens is 234 g/mol. The Morgan fingerprint density at radius 1 is 1.11 bits per heavy atom. The maximum absolute atomic E-state index is 3.75. The molecule has 3 rings (SSSR count). The van der Waals surface area contributed by atoms with E-state index in [1.165, 1.54) is 64.7 Å². The van der Waals surface area contributed by atoms with Crippen LogP contribution in [0.25, 0.3) is 0 Å². The van der Waals surface area contributed by atoms with Crippen LogP contribution in [-0.4, -0.2) is 61.2 Å². The van der Waals surface area contributed by atoms with Crippen molar-refractivity contribution in [1.82, 2.24) is 15.1 Å². The van der Waals surface area contributed by atoms with Crippen LogP contribution in [0.5, 0.6) is 0 Å². The zero-order valence-electron chi connectivity index (χ0n) is 12.8. The average molecular weight is 265 g/mol. The lowest BCUT2D eigenvalue weighted by molar-refractivity contribution is 0.0272. The lowest BCUT2D eigenvalue weighted by Gasteiger charge is -2.47. The van der Waals surface area contributed by atoms with Gasteiger partial charge in [-0.05, 0) is 64.6 Å². The number of likely N-dealkylation sites (N-methyl/N-ethyl adjacent to an activating group) is 1. The fourth-order valence-electron chi connectivity index (χ4n) is 3.89. The molecule has 0 bridgehead atoms. The molecule has 3 aliphatic rings. The largest absolute Gasteiger partial charge is 0.314 e. The third-order valence-corrected chi connectivity index (χ3v) is 5.47. The van der Waals surface area contributed by atoms with Gasteiger partial charge in [-0.25, -0.2) is 0 Å². The minimum absolute atomic E-state index is 0.793. The van der Waals surface area contributed by atoms with Gasteiger partial charge in [0.05, 0.1) is 0 Å². The monoisotopic (exact) mass is 265 g/mol. The summed E-state index contributed by atoms with van der Waals surface area (Å²) >= 11 is 0. The summed E-state index contributed by atoms with van der Waals surface area (Å²) in [5.74, 6) is 0.929. The van der Waals surface area contributed by atoms with Gasteiger partial charge in [0, 0.05) is 31.2 Å². The van der Waals surface area contributed by atoms with Crippen molar-refractivity contribution < 1.29 is 0 Å². The number of hydrogen-bond donors (Lipinski definition) is 1. The second-order valence-electron chi connectivity index (χ2n) is 7.00. The Morgan fingerprint density at radius 2 is 1.95 bits per heavy atom.